The fourth-order valence-electron chi connectivity index (χ4n) is 2.13. The van der Waals surface area contributed by atoms with E-state index in [1.165, 1.54) is 7.11 Å². The number of rotatable bonds is 2. The van der Waals surface area contributed by atoms with Crippen molar-refractivity contribution < 1.29 is 9.53 Å². The minimum absolute atomic E-state index is 0.0357. The lowest BCUT2D eigenvalue weighted by Gasteiger charge is -2.32. The summed E-state index contributed by atoms with van der Waals surface area (Å²) in [6.45, 7) is 1.69. The van der Waals surface area contributed by atoms with Crippen molar-refractivity contribution >= 4 is 23.3 Å². The molecule has 0 bridgehead atoms. The summed E-state index contributed by atoms with van der Waals surface area (Å²) >= 11 is 5.85. The summed E-state index contributed by atoms with van der Waals surface area (Å²) in [7, 11) is 1.44. The number of carbonyl (C=O) groups excluding carboxylic acids is 1. The second-order valence-electron chi connectivity index (χ2n) is 4.12. The Morgan fingerprint density at radius 2 is 2.24 bits per heavy atom. The van der Waals surface area contributed by atoms with Crippen LogP contribution in [-0.2, 0) is 9.53 Å². The molecule has 92 valence electrons. The van der Waals surface area contributed by atoms with E-state index in [0.29, 0.717) is 5.15 Å². The van der Waals surface area contributed by atoms with Crippen LogP contribution in [0.25, 0.3) is 0 Å². The molecule has 1 fully saturated rings. The van der Waals surface area contributed by atoms with Crippen molar-refractivity contribution in [3.05, 3.63) is 23.5 Å². The van der Waals surface area contributed by atoms with Gasteiger partial charge in [-0.25, -0.2) is 4.98 Å². The summed E-state index contributed by atoms with van der Waals surface area (Å²) in [6.07, 6.45) is 3.35. The van der Waals surface area contributed by atoms with Gasteiger partial charge in [-0.1, -0.05) is 11.6 Å². The standard InChI is InChI=1S/C12H15ClN2O2/c1-17-12(16)9-3-6-15(7-4-9)10-2-5-14-11(13)8-10/h2,5,8-9H,3-4,6-7H2,1H3. The van der Waals surface area contributed by atoms with Crippen LogP contribution in [0.5, 0.6) is 0 Å². The largest absolute Gasteiger partial charge is 0.469 e. The molecule has 1 aliphatic heterocycles. The Labute approximate surface area is 106 Å². The van der Waals surface area contributed by atoms with Crippen molar-refractivity contribution in [1.82, 2.24) is 4.98 Å². The highest BCUT2D eigenvalue weighted by molar-refractivity contribution is 6.29. The quantitative estimate of drug-likeness (QED) is 0.599. The third kappa shape index (κ3) is 2.88. The van der Waals surface area contributed by atoms with Crippen molar-refractivity contribution in [3.8, 4) is 0 Å². The smallest absolute Gasteiger partial charge is 0.308 e. The molecule has 0 atom stereocenters. The first-order valence-electron chi connectivity index (χ1n) is 5.65. The van der Waals surface area contributed by atoms with Crippen molar-refractivity contribution in [2.24, 2.45) is 5.92 Å². The lowest BCUT2D eigenvalue weighted by Crippen LogP contribution is -2.36. The number of piperidine rings is 1. The molecule has 2 rings (SSSR count). The van der Waals surface area contributed by atoms with Crippen LogP contribution in [0.2, 0.25) is 5.15 Å². The first kappa shape index (κ1) is 12.2. The van der Waals surface area contributed by atoms with E-state index in [9.17, 15) is 4.79 Å². The Bertz CT molecular complexity index is 403. The Hall–Kier alpha value is -1.29. The normalized spacial score (nSPS) is 16.9. The second-order valence-corrected chi connectivity index (χ2v) is 4.51. The van der Waals surface area contributed by atoms with E-state index in [1.807, 2.05) is 12.1 Å². The van der Waals surface area contributed by atoms with Crippen LogP contribution in [-0.4, -0.2) is 31.2 Å². The minimum atomic E-state index is -0.0996. The van der Waals surface area contributed by atoms with Crippen LogP contribution in [0.1, 0.15) is 12.8 Å². The zero-order chi connectivity index (χ0) is 12.3. The van der Waals surface area contributed by atoms with Gasteiger partial charge in [0.2, 0.25) is 0 Å². The average molecular weight is 255 g/mol. The lowest BCUT2D eigenvalue weighted by atomic mass is 9.97. The molecule has 0 unspecified atom stereocenters. The molecule has 17 heavy (non-hydrogen) atoms. The number of hydrogen-bond acceptors (Lipinski definition) is 4. The maximum absolute atomic E-state index is 11.4. The summed E-state index contributed by atoms with van der Waals surface area (Å²) in [6, 6.07) is 3.78. The molecule has 0 amide bonds. The number of esters is 1. The van der Waals surface area contributed by atoms with Crippen LogP contribution in [0.4, 0.5) is 5.69 Å². The maximum atomic E-state index is 11.4. The number of anilines is 1. The van der Waals surface area contributed by atoms with Gasteiger partial charge >= 0.3 is 5.97 Å². The Balaban J connectivity index is 1.97. The van der Waals surface area contributed by atoms with E-state index in [1.54, 1.807) is 6.20 Å². The van der Waals surface area contributed by atoms with Crippen LogP contribution in [0.15, 0.2) is 18.3 Å². The van der Waals surface area contributed by atoms with Gasteiger partial charge in [-0.3, -0.25) is 4.79 Å². The van der Waals surface area contributed by atoms with E-state index >= 15 is 0 Å². The SMILES string of the molecule is COC(=O)C1CCN(c2ccnc(Cl)c2)CC1. The average Bonchev–Trinajstić information content (AvgIpc) is 2.38. The number of methoxy groups -OCH3 is 1. The molecule has 0 aromatic carbocycles. The zero-order valence-electron chi connectivity index (χ0n) is 9.73. The predicted octanol–water partition coefficient (Wildman–Crippen LogP) is 2.12. The summed E-state index contributed by atoms with van der Waals surface area (Å²) < 4.78 is 4.76. The molecule has 1 aromatic rings. The number of carbonyl (C=O) groups is 1. The summed E-state index contributed by atoms with van der Waals surface area (Å²) in [5, 5.41) is 0.498. The molecule has 0 radical (unpaired) electrons. The molecule has 1 saturated heterocycles. The van der Waals surface area contributed by atoms with Gasteiger partial charge in [0, 0.05) is 25.0 Å². The van der Waals surface area contributed by atoms with Gasteiger partial charge < -0.3 is 9.64 Å². The third-order valence-corrected chi connectivity index (χ3v) is 3.31. The van der Waals surface area contributed by atoms with E-state index in [2.05, 4.69) is 9.88 Å². The first-order valence-corrected chi connectivity index (χ1v) is 6.03. The van der Waals surface area contributed by atoms with E-state index in [-0.39, 0.29) is 11.9 Å². The number of nitrogens with zero attached hydrogens (tertiary/aromatic N) is 2. The van der Waals surface area contributed by atoms with Gasteiger partial charge in [0.25, 0.3) is 0 Å². The van der Waals surface area contributed by atoms with Crippen molar-refractivity contribution in [3.63, 3.8) is 0 Å². The number of hydrogen-bond donors (Lipinski definition) is 0. The molecule has 0 spiro atoms. The van der Waals surface area contributed by atoms with Crippen LogP contribution in [0.3, 0.4) is 0 Å². The van der Waals surface area contributed by atoms with Gasteiger partial charge in [0.1, 0.15) is 5.15 Å². The fraction of sp³-hybridized carbons (Fsp3) is 0.500. The van der Waals surface area contributed by atoms with Crippen LogP contribution >= 0.6 is 11.6 Å². The number of ether oxygens (including phenoxy) is 1. The summed E-state index contributed by atoms with van der Waals surface area (Å²) in [5.41, 5.74) is 1.06. The van der Waals surface area contributed by atoms with Gasteiger partial charge in [-0.15, -0.1) is 0 Å². The van der Waals surface area contributed by atoms with E-state index in [0.717, 1.165) is 31.6 Å². The van der Waals surface area contributed by atoms with Gasteiger partial charge in [0.15, 0.2) is 0 Å². The molecular formula is C12H15ClN2O2. The first-order chi connectivity index (χ1) is 8.20. The van der Waals surface area contributed by atoms with Crippen molar-refractivity contribution in [2.45, 2.75) is 12.8 Å². The molecule has 5 heteroatoms. The highest BCUT2D eigenvalue weighted by Crippen LogP contribution is 2.24. The highest BCUT2D eigenvalue weighted by Gasteiger charge is 2.25. The van der Waals surface area contributed by atoms with Crippen molar-refractivity contribution in [2.75, 3.05) is 25.1 Å². The molecular weight excluding hydrogens is 240 g/mol. The monoisotopic (exact) mass is 254 g/mol. The number of aromatic nitrogens is 1. The molecule has 1 aromatic heterocycles. The van der Waals surface area contributed by atoms with E-state index < -0.39 is 0 Å². The summed E-state index contributed by atoms with van der Waals surface area (Å²) in [5.74, 6) is -0.0639. The topological polar surface area (TPSA) is 42.4 Å². The van der Waals surface area contributed by atoms with Gasteiger partial charge in [0.05, 0.1) is 13.0 Å². The zero-order valence-corrected chi connectivity index (χ0v) is 10.5. The van der Waals surface area contributed by atoms with E-state index in [4.69, 9.17) is 16.3 Å². The molecule has 2 heterocycles. The predicted molar refractivity (Wildman–Crippen MR) is 66.2 cm³/mol. The molecule has 0 saturated carbocycles. The van der Waals surface area contributed by atoms with Crippen molar-refractivity contribution in [1.29, 1.82) is 0 Å². The summed E-state index contributed by atoms with van der Waals surface area (Å²) in [4.78, 5) is 17.6. The fourth-order valence-corrected chi connectivity index (χ4v) is 2.30. The Morgan fingerprint density at radius 1 is 1.53 bits per heavy atom. The molecule has 1 aliphatic rings. The minimum Gasteiger partial charge on any atom is -0.469 e. The highest BCUT2D eigenvalue weighted by atomic mass is 35.5. The molecule has 4 nitrogen and oxygen atoms in total. The van der Waals surface area contributed by atoms with Crippen LogP contribution < -0.4 is 4.90 Å². The lowest BCUT2D eigenvalue weighted by molar-refractivity contribution is -0.146. The Kier molecular flexibility index (Phi) is 3.84. The van der Waals surface area contributed by atoms with Gasteiger partial charge in [-0.2, -0.15) is 0 Å². The van der Waals surface area contributed by atoms with Crippen LogP contribution in [0, 0.1) is 5.92 Å². The molecule has 0 aliphatic carbocycles. The molecule has 0 N–H and O–H groups in total. The third-order valence-electron chi connectivity index (χ3n) is 3.10. The Morgan fingerprint density at radius 3 is 2.82 bits per heavy atom. The number of pyridine rings is 1. The second kappa shape index (κ2) is 5.36. The maximum Gasteiger partial charge on any atom is 0.308 e. The number of halogens is 1. The van der Waals surface area contributed by atoms with Gasteiger partial charge in [-0.05, 0) is 25.0 Å².